The number of halogens is 1. The van der Waals surface area contributed by atoms with Crippen LogP contribution < -0.4 is 5.32 Å². The Bertz CT molecular complexity index is 874. The highest BCUT2D eigenvalue weighted by Gasteiger charge is 2.39. The number of carbonyl (C=O) groups excluding carboxylic acids is 1. The summed E-state index contributed by atoms with van der Waals surface area (Å²) in [5, 5.41) is 3.73. The van der Waals surface area contributed by atoms with E-state index in [1.54, 1.807) is 0 Å². The lowest BCUT2D eigenvalue weighted by Crippen LogP contribution is -2.30. The molecule has 3 atom stereocenters. The Labute approximate surface area is 156 Å². The zero-order chi connectivity index (χ0) is 17.6. The molecular weight excluding hydrogens is 378 g/mol. The van der Waals surface area contributed by atoms with Crippen LogP contribution in [0.1, 0.15) is 45.4 Å². The van der Waals surface area contributed by atoms with Crippen LogP contribution in [0.2, 0.25) is 0 Å². The summed E-state index contributed by atoms with van der Waals surface area (Å²) in [5.41, 5.74) is 5.20. The van der Waals surface area contributed by atoms with Gasteiger partial charge in [0, 0.05) is 16.1 Å². The van der Waals surface area contributed by atoms with Gasteiger partial charge in [0.2, 0.25) is 0 Å². The third-order valence-corrected chi connectivity index (χ3v) is 5.90. The van der Waals surface area contributed by atoms with Crippen molar-refractivity contribution < 1.29 is 9.53 Å². The molecule has 3 nitrogen and oxygen atoms in total. The maximum Gasteiger partial charge on any atom is 0.338 e. The third-order valence-electron chi connectivity index (χ3n) is 5.41. The lowest BCUT2D eigenvalue weighted by molar-refractivity contribution is 0.0600. The second-order valence-electron chi connectivity index (χ2n) is 6.72. The molecule has 0 aromatic heterocycles. The molecule has 2 aliphatic rings. The molecule has 0 radical (unpaired) electrons. The molecule has 4 rings (SSSR count). The molecule has 0 fully saturated rings. The van der Waals surface area contributed by atoms with Crippen molar-refractivity contribution >= 4 is 27.6 Å². The molecule has 2 aromatic rings. The average Bonchev–Trinajstić information content (AvgIpc) is 3.11. The maximum absolute atomic E-state index is 12.1. The number of fused-ring (bicyclic) bond motifs is 3. The molecule has 0 saturated heterocycles. The summed E-state index contributed by atoms with van der Waals surface area (Å²) in [6.45, 7) is 2.00. The first-order chi connectivity index (χ1) is 12.1. The number of benzene rings is 2. The quantitative estimate of drug-likeness (QED) is 0.546. The number of carbonyl (C=O) groups is 1. The van der Waals surface area contributed by atoms with Crippen LogP contribution in [-0.2, 0) is 4.74 Å². The molecular formula is C21H20BrNO2. The number of anilines is 1. The topological polar surface area (TPSA) is 38.3 Å². The predicted molar refractivity (Wildman–Crippen MR) is 103 cm³/mol. The number of methoxy groups -OCH3 is 1. The lowest BCUT2D eigenvalue weighted by Gasteiger charge is -2.38. The number of nitrogens with one attached hydrogen (secondary N) is 1. The van der Waals surface area contributed by atoms with E-state index in [9.17, 15) is 4.79 Å². The second-order valence-corrected chi connectivity index (χ2v) is 7.64. The van der Waals surface area contributed by atoms with Gasteiger partial charge in [0.1, 0.15) is 0 Å². The summed E-state index contributed by atoms with van der Waals surface area (Å²) in [5.74, 6) is 0.584. The van der Waals surface area contributed by atoms with Gasteiger partial charge in [0.25, 0.3) is 0 Å². The predicted octanol–water partition coefficient (Wildman–Crippen LogP) is 5.37. The smallest absolute Gasteiger partial charge is 0.338 e. The monoisotopic (exact) mass is 397 g/mol. The number of hydrogen-bond donors (Lipinski definition) is 1. The molecule has 2 aromatic carbocycles. The van der Waals surface area contributed by atoms with Gasteiger partial charge >= 0.3 is 5.97 Å². The standard InChI is InChI=1S/C21H20BrNO2/c1-12-15(21(24)25-2)9-10-18-16-7-4-8-17(16)20(23-19(12)18)13-5-3-6-14(22)11-13/h3-7,9-11,16-17,20,23H,8H2,1-2H3/t16-,17-,20+/m0/s1. The van der Waals surface area contributed by atoms with Crippen molar-refractivity contribution in [3.05, 3.63) is 75.3 Å². The Morgan fingerprint density at radius 1 is 1.28 bits per heavy atom. The van der Waals surface area contributed by atoms with Crippen LogP contribution >= 0.6 is 15.9 Å². The van der Waals surface area contributed by atoms with Crippen molar-refractivity contribution in [2.75, 3.05) is 12.4 Å². The average molecular weight is 398 g/mol. The number of allylic oxidation sites excluding steroid dienone is 2. The fourth-order valence-corrected chi connectivity index (χ4v) is 4.59. The van der Waals surface area contributed by atoms with E-state index in [0.29, 0.717) is 17.4 Å². The van der Waals surface area contributed by atoms with E-state index in [1.807, 2.05) is 19.1 Å². The molecule has 4 heteroatoms. The van der Waals surface area contributed by atoms with Gasteiger partial charge in [-0.05, 0) is 54.2 Å². The van der Waals surface area contributed by atoms with Gasteiger partial charge in [-0.3, -0.25) is 0 Å². The van der Waals surface area contributed by atoms with Crippen molar-refractivity contribution in [1.29, 1.82) is 0 Å². The van der Waals surface area contributed by atoms with Crippen LogP contribution in [0.25, 0.3) is 0 Å². The van der Waals surface area contributed by atoms with Gasteiger partial charge in [0.15, 0.2) is 0 Å². The van der Waals surface area contributed by atoms with Crippen molar-refractivity contribution in [1.82, 2.24) is 0 Å². The summed E-state index contributed by atoms with van der Waals surface area (Å²) in [7, 11) is 1.43. The van der Waals surface area contributed by atoms with E-state index < -0.39 is 0 Å². The highest BCUT2D eigenvalue weighted by atomic mass is 79.9. The highest BCUT2D eigenvalue weighted by molar-refractivity contribution is 9.10. The Morgan fingerprint density at radius 3 is 2.88 bits per heavy atom. The van der Waals surface area contributed by atoms with Gasteiger partial charge in [-0.2, -0.15) is 0 Å². The zero-order valence-electron chi connectivity index (χ0n) is 14.3. The van der Waals surface area contributed by atoms with E-state index in [2.05, 4.69) is 57.7 Å². The van der Waals surface area contributed by atoms with Crippen LogP contribution in [0.3, 0.4) is 0 Å². The van der Waals surface area contributed by atoms with Crippen LogP contribution in [0.5, 0.6) is 0 Å². The fraction of sp³-hybridized carbons (Fsp3) is 0.286. The summed E-state index contributed by atoms with van der Waals surface area (Å²) in [6, 6.07) is 12.7. The molecule has 0 amide bonds. The van der Waals surface area contributed by atoms with Crippen molar-refractivity contribution in [2.24, 2.45) is 5.92 Å². The lowest BCUT2D eigenvalue weighted by atomic mass is 9.76. The Morgan fingerprint density at radius 2 is 2.12 bits per heavy atom. The minimum atomic E-state index is -0.287. The summed E-state index contributed by atoms with van der Waals surface area (Å²) >= 11 is 3.58. The first-order valence-corrected chi connectivity index (χ1v) is 9.30. The summed E-state index contributed by atoms with van der Waals surface area (Å²) in [4.78, 5) is 12.1. The van der Waals surface area contributed by atoms with Crippen molar-refractivity contribution in [3.8, 4) is 0 Å². The van der Waals surface area contributed by atoms with Gasteiger partial charge in [-0.1, -0.05) is 46.3 Å². The zero-order valence-corrected chi connectivity index (χ0v) is 15.8. The molecule has 25 heavy (non-hydrogen) atoms. The van der Waals surface area contributed by atoms with Gasteiger partial charge in [-0.25, -0.2) is 4.79 Å². The number of ether oxygens (including phenoxy) is 1. The minimum Gasteiger partial charge on any atom is -0.465 e. The molecule has 1 heterocycles. The second kappa shape index (κ2) is 6.34. The third kappa shape index (κ3) is 2.69. The summed E-state index contributed by atoms with van der Waals surface area (Å²) in [6.07, 6.45) is 5.65. The van der Waals surface area contributed by atoms with Crippen LogP contribution in [0.15, 0.2) is 53.0 Å². The largest absolute Gasteiger partial charge is 0.465 e. The first kappa shape index (κ1) is 16.4. The first-order valence-electron chi connectivity index (χ1n) is 8.50. The molecule has 1 N–H and O–H groups in total. The molecule has 0 saturated carbocycles. The highest BCUT2D eigenvalue weighted by Crippen LogP contribution is 2.51. The molecule has 1 aliphatic carbocycles. The van der Waals surface area contributed by atoms with E-state index in [4.69, 9.17) is 4.74 Å². The summed E-state index contributed by atoms with van der Waals surface area (Å²) < 4.78 is 6.02. The Kier molecular flexibility index (Phi) is 4.16. The molecule has 128 valence electrons. The SMILES string of the molecule is COC(=O)c1ccc2c(c1C)N[C@H](c1cccc(Br)c1)[C@H]1CC=C[C@H]21. The van der Waals surface area contributed by atoms with Gasteiger partial charge in [-0.15, -0.1) is 0 Å². The van der Waals surface area contributed by atoms with Gasteiger partial charge in [0.05, 0.1) is 18.7 Å². The number of esters is 1. The molecule has 1 aliphatic heterocycles. The number of rotatable bonds is 2. The Balaban J connectivity index is 1.83. The molecule has 0 spiro atoms. The van der Waals surface area contributed by atoms with E-state index >= 15 is 0 Å². The van der Waals surface area contributed by atoms with Crippen molar-refractivity contribution in [2.45, 2.75) is 25.3 Å². The maximum atomic E-state index is 12.1. The van der Waals surface area contributed by atoms with Crippen LogP contribution in [0.4, 0.5) is 5.69 Å². The Hall–Kier alpha value is -2.07. The number of hydrogen-bond acceptors (Lipinski definition) is 3. The van der Waals surface area contributed by atoms with E-state index in [1.165, 1.54) is 18.2 Å². The van der Waals surface area contributed by atoms with Crippen LogP contribution in [0, 0.1) is 12.8 Å². The van der Waals surface area contributed by atoms with Crippen LogP contribution in [-0.4, -0.2) is 13.1 Å². The van der Waals surface area contributed by atoms with E-state index in [0.717, 1.165) is 22.1 Å². The fourth-order valence-electron chi connectivity index (χ4n) is 4.18. The minimum absolute atomic E-state index is 0.219. The molecule has 0 bridgehead atoms. The molecule has 0 unspecified atom stereocenters. The normalized spacial score (nSPS) is 23.6. The van der Waals surface area contributed by atoms with E-state index in [-0.39, 0.29) is 12.0 Å². The van der Waals surface area contributed by atoms with Crippen molar-refractivity contribution in [3.63, 3.8) is 0 Å². The van der Waals surface area contributed by atoms with Gasteiger partial charge < -0.3 is 10.1 Å².